The molecule has 0 saturated heterocycles. The van der Waals surface area contributed by atoms with Gasteiger partial charge in [-0.1, -0.05) is 43.3 Å². The van der Waals surface area contributed by atoms with Crippen molar-refractivity contribution in [1.82, 2.24) is 4.98 Å². The van der Waals surface area contributed by atoms with Crippen molar-refractivity contribution in [2.45, 2.75) is 19.8 Å². The summed E-state index contributed by atoms with van der Waals surface area (Å²) >= 11 is 0. The zero-order chi connectivity index (χ0) is 23.6. The molecule has 0 fully saturated rings. The Labute approximate surface area is 194 Å². The van der Waals surface area contributed by atoms with Gasteiger partial charge in [0.15, 0.2) is 12.4 Å². The Morgan fingerprint density at radius 1 is 1.12 bits per heavy atom. The van der Waals surface area contributed by atoms with E-state index in [0.717, 1.165) is 30.0 Å². The summed E-state index contributed by atoms with van der Waals surface area (Å²) in [6, 6.07) is 20.6. The van der Waals surface area contributed by atoms with Crippen molar-refractivity contribution in [3.8, 4) is 5.75 Å². The van der Waals surface area contributed by atoms with Gasteiger partial charge in [-0.15, -0.1) is 0 Å². The molecule has 2 N–H and O–H groups in total. The van der Waals surface area contributed by atoms with Gasteiger partial charge in [0, 0.05) is 50.1 Å². The summed E-state index contributed by atoms with van der Waals surface area (Å²) in [5, 5.41) is 0. The number of nitrogen functional groups attached to an aromatic ring is 1. The number of carbonyl (C=O) groups excluding carboxylic acids is 2. The van der Waals surface area contributed by atoms with Crippen LogP contribution in [0.4, 0.5) is 17.2 Å². The molecule has 0 atom stereocenters. The van der Waals surface area contributed by atoms with E-state index >= 15 is 0 Å². The number of anilines is 3. The fraction of sp³-hybridized carbons (Fsp3) is 0.269. The van der Waals surface area contributed by atoms with E-state index in [2.05, 4.69) is 9.88 Å². The Morgan fingerprint density at radius 2 is 1.88 bits per heavy atom. The fourth-order valence-corrected chi connectivity index (χ4v) is 3.45. The Morgan fingerprint density at radius 3 is 2.58 bits per heavy atom. The number of aromatic nitrogens is 1. The van der Waals surface area contributed by atoms with E-state index in [1.165, 1.54) is 0 Å². The smallest absolute Gasteiger partial charge is 0.265 e. The maximum atomic E-state index is 12.1. The second-order valence-corrected chi connectivity index (χ2v) is 7.67. The Kier molecular flexibility index (Phi) is 8.41. The average molecular weight is 447 g/mol. The highest BCUT2D eigenvalue weighted by Gasteiger charge is 2.25. The largest absolute Gasteiger partial charge is 0.481 e. The normalized spacial score (nSPS) is 12.2. The van der Waals surface area contributed by atoms with Crippen molar-refractivity contribution in [3.63, 3.8) is 0 Å². The van der Waals surface area contributed by atoms with Crippen LogP contribution in [0.5, 0.6) is 5.75 Å². The second-order valence-electron chi connectivity index (χ2n) is 7.67. The summed E-state index contributed by atoms with van der Waals surface area (Å²) in [5.41, 5.74) is 8.00. The first kappa shape index (κ1) is 23.8. The van der Waals surface area contributed by atoms with Gasteiger partial charge in [-0.2, -0.15) is 0 Å². The first-order chi connectivity index (χ1) is 16.0. The molecule has 7 nitrogen and oxygen atoms in total. The van der Waals surface area contributed by atoms with E-state index < -0.39 is 0 Å². The lowest BCUT2D eigenvalue weighted by molar-refractivity contribution is -0.121. The maximum absolute atomic E-state index is 12.1. The molecule has 1 aliphatic rings. The predicted molar refractivity (Wildman–Crippen MR) is 132 cm³/mol. The van der Waals surface area contributed by atoms with Crippen LogP contribution in [0.3, 0.4) is 0 Å². The molecule has 0 spiro atoms. The molecule has 2 aromatic carbocycles. The number of fused-ring (bicyclic) bond motifs is 1. The average Bonchev–Trinajstić information content (AvgIpc) is 2.86. The van der Waals surface area contributed by atoms with Crippen LogP contribution in [0.1, 0.15) is 30.1 Å². The lowest BCUT2D eigenvalue weighted by Gasteiger charge is -2.30. The lowest BCUT2D eigenvalue weighted by Crippen LogP contribution is -2.40. The van der Waals surface area contributed by atoms with Crippen LogP contribution in [-0.2, 0) is 4.79 Å². The standard InChI is InChI=1S/C17H20N4O2.C9H10O/c1-20(16-5-2-3-8-19-16)9-4-10-21-14-7-6-13(18)11-15(14)23-12-17(21)22;1-2-9(10)8-6-4-3-5-7-8/h2-3,5-8,11H,4,9-10,12,18H2,1H3;3-7H,2H2,1H3. The molecule has 7 heteroatoms. The van der Waals surface area contributed by atoms with Crippen LogP contribution >= 0.6 is 0 Å². The molecule has 0 bridgehead atoms. The van der Waals surface area contributed by atoms with Gasteiger partial charge in [0.05, 0.1) is 5.69 Å². The number of ketones is 1. The molecule has 1 aliphatic heterocycles. The maximum Gasteiger partial charge on any atom is 0.265 e. The Balaban J connectivity index is 0.000000257. The molecule has 1 amide bonds. The monoisotopic (exact) mass is 446 g/mol. The van der Waals surface area contributed by atoms with Crippen LogP contribution < -0.4 is 20.3 Å². The van der Waals surface area contributed by atoms with Crippen molar-refractivity contribution in [3.05, 3.63) is 78.5 Å². The fourth-order valence-electron chi connectivity index (χ4n) is 3.45. The van der Waals surface area contributed by atoms with E-state index in [-0.39, 0.29) is 18.3 Å². The number of ether oxygens (including phenoxy) is 1. The summed E-state index contributed by atoms with van der Waals surface area (Å²) < 4.78 is 5.45. The number of hydrogen-bond donors (Lipinski definition) is 1. The van der Waals surface area contributed by atoms with Gasteiger partial charge in [0.25, 0.3) is 5.91 Å². The number of nitrogens with zero attached hydrogens (tertiary/aromatic N) is 3. The van der Waals surface area contributed by atoms with Crippen molar-refractivity contribution in [2.75, 3.05) is 42.3 Å². The van der Waals surface area contributed by atoms with Gasteiger partial charge < -0.3 is 20.3 Å². The van der Waals surface area contributed by atoms with Crippen molar-refractivity contribution in [1.29, 1.82) is 0 Å². The summed E-state index contributed by atoms with van der Waals surface area (Å²) in [6.45, 7) is 3.38. The van der Waals surface area contributed by atoms with Gasteiger partial charge in [0.2, 0.25) is 0 Å². The molecule has 0 saturated carbocycles. The zero-order valence-corrected chi connectivity index (χ0v) is 19.1. The molecular weight excluding hydrogens is 416 g/mol. The summed E-state index contributed by atoms with van der Waals surface area (Å²) in [5.74, 6) is 1.78. The number of carbonyl (C=O) groups is 2. The highest BCUT2D eigenvalue weighted by molar-refractivity contribution is 5.98. The molecule has 4 rings (SSSR count). The molecule has 0 aliphatic carbocycles. The van der Waals surface area contributed by atoms with E-state index in [1.807, 2.05) is 68.6 Å². The molecule has 0 radical (unpaired) electrons. The number of amides is 1. The number of pyridine rings is 1. The molecule has 0 unspecified atom stereocenters. The van der Waals surface area contributed by atoms with Gasteiger partial charge in [-0.05, 0) is 30.7 Å². The first-order valence-electron chi connectivity index (χ1n) is 11.0. The third kappa shape index (κ3) is 6.55. The van der Waals surface area contributed by atoms with Gasteiger partial charge >= 0.3 is 0 Å². The quantitative estimate of drug-likeness (QED) is 0.432. The molecule has 2 heterocycles. The van der Waals surface area contributed by atoms with E-state index in [1.54, 1.807) is 23.2 Å². The zero-order valence-electron chi connectivity index (χ0n) is 19.1. The third-order valence-electron chi connectivity index (χ3n) is 5.26. The highest BCUT2D eigenvalue weighted by Crippen LogP contribution is 2.33. The number of rotatable bonds is 7. The van der Waals surface area contributed by atoms with Crippen molar-refractivity contribution < 1.29 is 14.3 Å². The minimum absolute atomic E-state index is 0.0252. The van der Waals surface area contributed by atoms with Gasteiger partial charge in [0.1, 0.15) is 11.6 Å². The molecule has 33 heavy (non-hydrogen) atoms. The number of Topliss-reactive ketones (excluding diaryl/α,β-unsaturated/α-hetero) is 1. The molecule has 3 aromatic rings. The minimum atomic E-state index is -0.0252. The molecule has 1 aromatic heterocycles. The molecule has 172 valence electrons. The number of hydrogen-bond acceptors (Lipinski definition) is 6. The Hall–Kier alpha value is -3.87. The van der Waals surface area contributed by atoms with Crippen molar-refractivity contribution >= 4 is 28.9 Å². The summed E-state index contributed by atoms with van der Waals surface area (Å²) in [6.07, 6.45) is 3.20. The summed E-state index contributed by atoms with van der Waals surface area (Å²) in [7, 11) is 2.00. The van der Waals surface area contributed by atoms with Crippen LogP contribution in [0.25, 0.3) is 0 Å². The van der Waals surface area contributed by atoms with Crippen LogP contribution in [-0.4, -0.2) is 43.4 Å². The molecular formula is C26H30N4O3. The van der Waals surface area contributed by atoms with E-state index in [4.69, 9.17) is 10.5 Å². The first-order valence-corrected chi connectivity index (χ1v) is 11.0. The predicted octanol–water partition coefficient (Wildman–Crippen LogP) is 4.20. The third-order valence-corrected chi connectivity index (χ3v) is 5.26. The second kappa shape index (κ2) is 11.7. The summed E-state index contributed by atoms with van der Waals surface area (Å²) in [4.78, 5) is 31.3. The van der Waals surface area contributed by atoms with Crippen LogP contribution in [0.2, 0.25) is 0 Å². The van der Waals surface area contributed by atoms with E-state index in [0.29, 0.717) is 24.4 Å². The van der Waals surface area contributed by atoms with Crippen LogP contribution in [0, 0.1) is 0 Å². The van der Waals surface area contributed by atoms with Crippen LogP contribution in [0.15, 0.2) is 72.9 Å². The number of benzene rings is 2. The Bertz CT molecular complexity index is 1060. The lowest BCUT2D eigenvalue weighted by atomic mass is 10.1. The minimum Gasteiger partial charge on any atom is -0.481 e. The van der Waals surface area contributed by atoms with E-state index in [9.17, 15) is 9.59 Å². The highest BCUT2D eigenvalue weighted by atomic mass is 16.5. The van der Waals surface area contributed by atoms with Gasteiger partial charge in [-0.3, -0.25) is 9.59 Å². The number of nitrogens with two attached hydrogens (primary N) is 1. The SMILES string of the molecule is CCC(=O)c1ccccc1.CN(CCCN1C(=O)COc2cc(N)ccc21)c1ccccn1. The van der Waals surface area contributed by atoms with Crippen molar-refractivity contribution in [2.24, 2.45) is 0 Å². The topological polar surface area (TPSA) is 88.8 Å². The van der Waals surface area contributed by atoms with Gasteiger partial charge in [-0.25, -0.2) is 4.98 Å².